The molecule has 2 aromatic heterocycles. The van der Waals surface area contributed by atoms with E-state index in [1.165, 1.54) is 6.26 Å². The monoisotopic (exact) mass is 401 g/mol. The summed E-state index contributed by atoms with van der Waals surface area (Å²) in [5.41, 5.74) is 2.37. The zero-order valence-corrected chi connectivity index (χ0v) is 17.4. The number of ether oxygens (including phenoxy) is 1. The van der Waals surface area contributed by atoms with Crippen LogP contribution in [-0.4, -0.2) is 64.9 Å². The van der Waals surface area contributed by atoms with Gasteiger partial charge in [0.05, 0.1) is 18.4 Å². The van der Waals surface area contributed by atoms with Gasteiger partial charge in [-0.15, -0.1) is 0 Å². The summed E-state index contributed by atoms with van der Waals surface area (Å²) in [6.45, 7) is 9.90. The molecule has 29 heavy (non-hydrogen) atoms. The molecule has 8 nitrogen and oxygen atoms in total. The van der Waals surface area contributed by atoms with Crippen LogP contribution in [-0.2, 0) is 11.3 Å². The lowest BCUT2D eigenvalue weighted by Crippen LogP contribution is -2.50. The number of carbonyl (C=O) groups is 3. The first-order valence-corrected chi connectivity index (χ1v) is 9.89. The van der Waals surface area contributed by atoms with Crippen LogP contribution >= 0.6 is 0 Å². The highest BCUT2D eigenvalue weighted by atomic mass is 16.5. The Labute approximate surface area is 170 Å². The molecule has 0 spiro atoms. The molecule has 0 aromatic carbocycles. The van der Waals surface area contributed by atoms with E-state index in [2.05, 4.69) is 0 Å². The van der Waals surface area contributed by atoms with Gasteiger partial charge in [-0.2, -0.15) is 0 Å². The summed E-state index contributed by atoms with van der Waals surface area (Å²) < 4.78 is 12.2. The predicted octanol–water partition coefficient (Wildman–Crippen LogP) is 2.49. The van der Waals surface area contributed by atoms with E-state index in [1.54, 1.807) is 35.8 Å². The second-order valence-corrected chi connectivity index (χ2v) is 6.96. The minimum atomic E-state index is -0.414. The molecule has 8 heteroatoms. The fraction of sp³-hybridized carbons (Fsp3) is 0.476. The van der Waals surface area contributed by atoms with Crippen LogP contribution in [0, 0.1) is 13.8 Å². The first-order chi connectivity index (χ1) is 13.9. The van der Waals surface area contributed by atoms with Gasteiger partial charge < -0.3 is 23.5 Å². The number of amides is 2. The van der Waals surface area contributed by atoms with E-state index in [4.69, 9.17) is 9.15 Å². The van der Waals surface area contributed by atoms with Crippen LogP contribution in [0.5, 0.6) is 0 Å². The fourth-order valence-electron chi connectivity index (χ4n) is 3.89. The van der Waals surface area contributed by atoms with Crippen LogP contribution in [0.4, 0.5) is 0 Å². The third kappa shape index (κ3) is 3.79. The molecule has 3 rings (SSSR count). The lowest BCUT2D eigenvalue weighted by Gasteiger charge is -2.34. The zero-order chi connectivity index (χ0) is 21.1. The van der Waals surface area contributed by atoms with Crippen molar-refractivity contribution in [1.82, 2.24) is 14.4 Å². The molecule has 156 valence electrons. The van der Waals surface area contributed by atoms with Gasteiger partial charge in [0.2, 0.25) is 0 Å². The van der Waals surface area contributed by atoms with Crippen molar-refractivity contribution in [2.45, 2.75) is 34.2 Å². The van der Waals surface area contributed by atoms with E-state index in [-0.39, 0.29) is 18.4 Å². The fourth-order valence-corrected chi connectivity index (χ4v) is 3.89. The van der Waals surface area contributed by atoms with E-state index in [0.29, 0.717) is 55.3 Å². The van der Waals surface area contributed by atoms with Crippen molar-refractivity contribution in [2.24, 2.45) is 0 Å². The number of furan rings is 1. The van der Waals surface area contributed by atoms with Gasteiger partial charge in [0.15, 0.2) is 5.76 Å². The smallest absolute Gasteiger partial charge is 0.355 e. The Hall–Kier alpha value is -3.03. The van der Waals surface area contributed by atoms with Gasteiger partial charge in [-0.05, 0) is 45.4 Å². The van der Waals surface area contributed by atoms with Crippen LogP contribution in [0.25, 0.3) is 0 Å². The standard InChI is InChI=1S/C21H27N3O5/c1-5-24-15(4)17(14(3)18(24)21(27)28-6-2)20(26)23-11-9-22(10-12-23)19(25)16-8-7-13-29-16/h7-8,13H,5-6,9-12H2,1-4H3. The van der Waals surface area contributed by atoms with Gasteiger partial charge in [0.25, 0.3) is 11.8 Å². The summed E-state index contributed by atoms with van der Waals surface area (Å²) in [6, 6.07) is 3.31. The highest BCUT2D eigenvalue weighted by Crippen LogP contribution is 2.25. The molecule has 0 unspecified atom stereocenters. The van der Waals surface area contributed by atoms with Gasteiger partial charge in [-0.1, -0.05) is 0 Å². The highest BCUT2D eigenvalue weighted by molar-refractivity contribution is 6.01. The Morgan fingerprint density at radius 1 is 1.03 bits per heavy atom. The van der Waals surface area contributed by atoms with Gasteiger partial charge in [-0.3, -0.25) is 9.59 Å². The van der Waals surface area contributed by atoms with E-state index >= 15 is 0 Å². The third-order valence-corrected chi connectivity index (χ3v) is 5.35. The number of carbonyl (C=O) groups excluding carboxylic acids is 3. The van der Waals surface area contributed by atoms with Crippen molar-refractivity contribution < 1.29 is 23.5 Å². The maximum absolute atomic E-state index is 13.2. The van der Waals surface area contributed by atoms with Gasteiger partial charge in [0, 0.05) is 38.4 Å². The van der Waals surface area contributed by atoms with Crippen LogP contribution < -0.4 is 0 Å². The van der Waals surface area contributed by atoms with Crippen molar-refractivity contribution in [3.05, 3.63) is 46.7 Å². The van der Waals surface area contributed by atoms with E-state index in [1.807, 2.05) is 18.4 Å². The topological polar surface area (TPSA) is 85.0 Å². The molecule has 0 atom stereocenters. The molecule has 0 saturated carbocycles. The first kappa shape index (κ1) is 20.7. The van der Waals surface area contributed by atoms with Crippen molar-refractivity contribution in [3.63, 3.8) is 0 Å². The number of piperazine rings is 1. The average Bonchev–Trinajstić information content (AvgIpc) is 3.33. The molecule has 2 amide bonds. The minimum absolute atomic E-state index is 0.122. The summed E-state index contributed by atoms with van der Waals surface area (Å²) >= 11 is 0. The summed E-state index contributed by atoms with van der Waals surface area (Å²) in [4.78, 5) is 41.5. The largest absolute Gasteiger partial charge is 0.461 e. The number of esters is 1. The maximum Gasteiger partial charge on any atom is 0.355 e. The number of rotatable bonds is 5. The Bertz CT molecular complexity index is 905. The molecule has 1 aliphatic heterocycles. The van der Waals surface area contributed by atoms with Crippen molar-refractivity contribution in [2.75, 3.05) is 32.8 Å². The molecule has 1 fully saturated rings. The minimum Gasteiger partial charge on any atom is -0.461 e. The van der Waals surface area contributed by atoms with Crippen LogP contribution in [0.1, 0.15) is 56.5 Å². The summed E-state index contributed by atoms with van der Waals surface area (Å²) in [5.74, 6) is -0.405. The zero-order valence-electron chi connectivity index (χ0n) is 17.4. The number of hydrogen-bond donors (Lipinski definition) is 0. The number of nitrogens with zero attached hydrogens (tertiary/aromatic N) is 3. The lowest BCUT2D eigenvalue weighted by atomic mass is 10.1. The predicted molar refractivity (Wildman–Crippen MR) is 106 cm³/mol. The first-order valence-electron chi connectivity index (χ1n) is 9.89. The Balaban J connectivity index is 1.78. The number of aromatic nitrogens is 1. The summed E-state index contributed by atoms with van der Waals surface area (Å²) in [7, 11) is 0. The molecule has 0 N–H and O–H groups in total. The van der Waals surface area contributed by atoms with Gasteiger partial charge in [0.1, 0.15) is 5.69 Å². The lowest BCUT2D eigenvalue weighted by molar-refractivity contribution is 0.0510. The second kappa shape index (κ2) is 8.55. The van der Waals surface area contributed by atoms with Crippen molar-refractivity contribution >= 4 is 17.8 Å². The molecule has 2 aromatic rings. The van der Waals surface area contributed by atoms with E-state index in [0.717, 1.165) is 5.69 Å². The summed E-state index contributed by atoms with van der Waals surface area (Å²) in [5, 5.41) is 0. The molecule has 0 aliphatic carbocycles. The van der Waals surface area contributed by atoms with Gasteiger partial charge in [-0.25, -0.2) is 4.79 Å². The van der Waals surface area contributed by atoms with E-state index in [9.17, 15) is 14.4 Å². The van der Waals surface area contributed by atoms with E-state index < -0.39 is 5.97 Å². The second-order valence-electron chi connectivity index (χ2n) is 6.96. The van der Waals surface area contributed by atoms with Crippen molar-refractivity contribution in [1.29, 1.82) is 0 Å². The SMILES string of the molecule is CCOC(=O)c1c(C)c(C(=O)N2CCN(C(=O)c3ccco3)CC2)c(C)n1CC. The molecule has 1 saturated heterocycles. The number of hydrogen-bond acceptors (Lipinski definition) is 5. The highest BCUT2D eigenvalue weighted by Gasteiger charge is 2.32. The molecular formula is C21H27N3O5. The molecule has 0 radical (unpaired) electrons. The molecule has 1 aliphatic rings. The Morgan fingerprint density at radius 3 is 2.17 bits per heavy atom. The normalized spacial score (nSPS) is 14.2. The molecule has 0 bridgehead atoms. The molecular weight excluding hydrogens is 374 g/mol. The van der Waals surface area contributed by atoms with Crippen LogP contribution in [0.15, 0.2) is 22.8 Å². The maximum atomic E-state index is 13.2. The van der Waals surface area contributed by atoms with Crippen LogP contribution in [0.2, 0.25) is 0 Å². The Kier molecular flexibility index (Phi) is 6.10. The average molecular weight is 401 g/mol. The third-order valence-electron chi connectivity index (χ3n) is 5.35. The van der Waals surface area contributed by atoms with Crippen molar-refractivity contribution in [3.8, 4) is 0 Å². The van der Waals surface area contributed by atoms with Crippen LogP contribution in [0.3, 0.4) is 0 Å². The summed E-state index contributed by atoms with van der Waals surface area (Å²) in [6.07, 6.45) is 1.47. The Morgan fingerprint density at radius 2 is 1.66 bits per heavy atom. The van der Waals surface area contributed by atoms with Gasteiger partial charge >= 0.3 is 5.97 Å². The molecule has 3 heterocycles. The quantitative estimate of drug-likeness (QED) is 0.719.